The van der Waals surface area contributed by atoms with Crippen molar-refractivity contribution in [2.45, 2.75) is 19.5 Å². The highest BCUT2D eigenvalue weighted by Crippen LogP contribution is 2.15. The van der Waals surface area contributed by atoms with Crippen LogP contribution >= 0.6 is 0 Å². The lowest BCUT2D eigenvalue weighted by molar-refractivity contribution is 0.473. The van der Waals surface area contributed by atoms with Gasteiger partial charge in [-0.15, -0.1) is 0 Å². The molecule has 0 saturated carbocycles. The van der Waals surface area contributed by atoms with Crippen molar-refractivity contribution in [2.75, 3.05) is 0 Å². The molecule has 2 rings (SSSR count). The summed E-state index contributed by atoms with van der Waals surface area (Å²) in [5.74, 6) is 0.0335. The summed E-state index contributed by atoms with van der Waals surface area (Å²) < 4.78 is 13.1. The number of phenols is 1. The van der Waals surface area contributed by atoms with E-state index in [-0.39, 0.29) is 17.6 Å². The van der Waals surface area contributed by atoms with Crippen LogP contribution in [0.25, 0.3) is 0 Å². The Hall–Kier alpha value is -1.87. The number of hydrogen-bond acceptors (Lipinski definition) is 2. The van der Waals surface area contributed by atoms with Crippen LogP contribution in [0.1, 0.15) is 24.1 Å². The lowest BCUT2D eigenvalue weighted by atomic mass is 10.1. The molecule has 0 aromatic heterocycles. The van der Waals surface area contributed by atoms with Gasteiger partial charge >= 0.3 is 0 Å². The highest BCUT2D eigenvalue weighted by molar-refractivity contribution is 5.27. The first-order chi connectivity index (χ1) is 8.65. The van der Waals surface area contributed by atoms with Crippen LogP contribution in [-0.2, 0) is 6.54 Å². The Kier molecular flexibility index (Phi) is 3.95. The van der Waals surface area contributed by atoms with Gasteiger partial charge in [-0.25, -0.2) is 4.39 Å². The lowest BCUT2D eigenvalue weighted by Crippen LogP contribution is -2.18. The number of rotatable bonds is 4. The molecule has 0 heterocycles. The molecular weight excluding hydrogens is 229 g/mol. The Bertz CT molecular complexity index is 527. The zero-order chi connectivity index (χ0) is 13.0. The molecule has 0 aliphatic rings. The molecule has 2 aromatic rings. The van der Waals surface area contributed by atoms with Gasteiger partial charge in [0.1, 0.15) is 11.6 Å². The zero-order valence-corrected chi connectivity index (χ0v) is 10.2. The third kappa shape index (κ3) is 3.31. The molecule has 0 saturated heterocycles. The van der Waals surface area contributed by atoms with Gasteiger partial charge in [0.2, 0.25) is 0 Å². The number of phenolic OH excluding ortho intramolecular Hbond substituents is 1. The summed E-state index contributed by atoms with van der Waals surface area (Å²) >= 11 is 0. The third-order valence-corrected chi connectivity index (χ3v) is 2.87. The summed E-state index contributed by atoms with van der Waals surface area (Å²) in [4.78, 5) is 0. The van der Waals surface area contributed by atoms with E-state index >= 15 is 0 Å². The minimum absolute atomic E-state index is 0.0584. The van der Waals surface area contributed by atoms with Crippen molar-refractivity contribution in [2.24, 2.45) is 0 Å². The fourth-order valence-corrected chi connectivity index (χ4v) is 1.83. The first-order valence-electron chi connectivity index (χ1n) is 5.92. The Labute approximate surface area is 106 Å². The normalized spacial score (nSPS) is 12.3. The number of aromatic hydroxyl groups is 1. The maximum atomic E-state index is 13.1. The van der Waals surface area contributed by atoms with Crippen LogP contribution in [0.4, 0.5) is 4.39 Å². The van der Waals surface area contributed by atoms with Crippen molar-refractivity contribution in [1.29, 1.82) is 0 Å². The second kappa shape index (κ2) is 5.65. The zero-order valence-electron chi connectivity index (χ0n) is 10.2. The minimum Gasteiger partial charge on any atom is -0.508 e. The molecule has 18 heavy (non-hydrogen) atoms. The first kappa shape index (κ1) is 12.6. The molecule has 2 nitrogen and oxygen atoms in total. The Morgan fingerprint density at radius 3 is 2.67 bits per heavy atom. The largest absolute Gasteiger partial charge is 0.508 e. The molecule has 94 valence electrons. The molecule has 0 bridgehead atoms. The van der Waals surface area contributed by atoms with Crippen LogP contribution in [0.2, 0.25) is 0 Å². The van der Waals surface area contributed by atoms with Crippen molar-refractivity contribution in [3.05, 3.63) is 65.5 Å². The van der Waals surface area contributed by atoms with Gasteiger partial charge in [0.15, 0.2) is 0 Å². The second-order valence-electron chi connectivity index (χ2n) is 4.33. The molecule has 3 heteroatoms. The Morgan fingerprint density at radius 1 is 1.17 bits per heavy atom. The number of benzene rings is 2. The van der Waals surface area contributed by atoms with E-state index < -0.39 is 0 Å². The topological polar surface area (TPSA) is 32.3 Å². The first-order valence-corrected chi connectivity index (χ1v) is 5.92. The van der Waals surface area contributed by atoms with Gasteiger partial charge in [-0.3, -0.25) is 0 Å². The predicted octanol–water partition coefficient (Wildman–Crippen LogP) is 3.38. The molecule has 2 aromatic carbocycles. The Morgan fingerprint density at radius 2 is 1.94 bits per heavy atom. The quantitative estimate of drug-likeness (QED) is 0.865. The summed E-state index contributed by atoms with van der Waals surface area (Å²) in [5.41, 5.74) is 1.91. The van der Waals surface area contributed by atoms with Gasteiger partial charge in [0, 0.05) is 12.6 Å². The molecule has 1 atom stereocenters. The fraction of sp³-hybridized carbons (Fsp3) is 0.200. The standard InChI is InChI=1S/C15H16FNO/c1-11(13-5-3-6-14(16)9-13)17-10-12-4-2-7-15(18)8-12/h2-9,11,17-18H,10H2,1H3/t11-/m0/s1. The van der Waals surface area contributed by atoms with E-state index in [0.717, 1.165) is 11.1 Å². The molecule has 0 fully saturated rings. The van der Waals surface area contributed by atoms with Crippen molar-refractivity contribution >= 4 is 0 Å². The Balaban J connectivity index is 1.98. The van der Waals surface area contributed by atoms with Crippen LogP contribution in [0.3, 0.4) is 0 Å². The van der Waals surface area contributed by atoms with Crippen molar-refractivity contribution in [3.63, 3.8) is 0 Å². The fourth-order valence-electron chi connectivity index (χ4n) is 1.83. The van der Waals surface area contributed by atoms with Crippen LogP contribution in [0.15, 0.2) is 48.5 Å². The number of nitrogens with one attached hydrogen (secondary N) is 1. The van der Waals surface area contributed by atoms with Crippen LogP contribution in [0, 0.1) is 5.82 Å². The van der Waals surface area contributed by atoms with Gasteiger partial charge in [0.05, 0.1) is 0 Å². The molecule has 0 amide bonds. The summed E-state index contributed by atoms with van der Waals surface area (Å²) in [6, 6.07) is 13.7. The molecule has 0 aliphatic carbocycles. The molecular formula is C15H16FNO. The van der Waals surface area contributed by atoms with Gasteiger partial charge in [-0.1, -0.05) is 24.3 Å². The van der Waals surface area contributed by atoms with Crippen LogP contribution in [0.5, 0.6) is 5.75 Å². The van der Waals surface area contributed by atoms with Crippen molar-refractivity contribution in [3.8, 4) is 5.75 Å². The molecule has 0 aliphatic heterocycles. The van der Waals surface area contributed by atoms with E-state index in [9.17, 15) is 9.50 Å². The van der Waals surface area contributed by atoms with Gasteiger partial charge in [0.25, 0.3) is 0 Å². The van der Waals surface area contributed by atoms with E-state index in [2.05, 4.69) is 5.32 Å². The van der Waals surface area contributed by atoms with Gasteiger partial charge in [-0.05, 0) is 42.3 Å². The second-order valence-corrected chi connectivity index (χ2v) is 4.33. The molecule has 0 spiro atoms. The average Bonchev–Trinajstić information content (AvgIpc) is 2.36. The summed E-state index contributed by atoms with van der Waals surface area (Å²) in [6.45, 7) is 2.61. The molecule has 0 radical (unpaired) electrons. The van der Waals surface area contributed by atoms with Crippen molar-refractivity contribution in [1.82, 2.24) is 5.32 Å². The summed E-state index contributed by atoms with van der Waals surface area (Å²) in [7, 11) is 0. The maximum Gasteiger partial charge on any atom is 0.123 e. The van der Waals surface area contributed by atoms with Gasteiger partial charge < -0.3 is 10.4 Å². The van der Waals surface area contributed by atoms with Crippen LogP contribution in [-0.4, -0.2) is 5.11 Å². The summed E-state index contributed by atoms with van der Waals surface area (Å²) in [5, 5.41) is 12.6. The van der Waals surface area contributed by atoms with Crippen LogP contribution < -0.4 is 5.32 Å². The lowest BCUT2D eigenvalue weighted by Gasteiger charge is -2.14. The monoisotopic (exact) mass is 245 g/mol. The predicted molar refractivity (Wildman–Crippen MR) is 69.8 cm³/mol. The minimum atomic E-state index is -0.224. The third-order valence-electron chi connectivity index (χ3n) is 2.87. The van der Waals surface area contributed by atoms with E-state index in [0.29, 0.717) is 6.54 Å². The van der Waals surface area contributed by atoms with Crippen molar-refractivity contribution < 1.29 is 9.50 Å². The number of hydrogen-bond donors (Lipinski definition) is 2. The highest BCUT2D eigenvalue weighted by Gasteiger charge is 2.05. The SMILES string of the molecule is C[C@H](NCc1cccc(O)c1)c1cccc(F)c1. The van der Waals surface area contributed by atoms with E-state index in [1.165, 1.54) is 12.1 Å². The van der Waals surface area contributed by atoms with E-state index in [4.69, 9.17) is 0 Å². The maximum absolute atomic E-state index is 13.1. The highest BCUT2D eigenvalue weighted by atomic mass is 19.1. The smallest absolute Gasteiger partial charge is 0.123 e. The van der Waals surface area contributed by atoms with E-state index in [1.807, 2.05) is 19.1 Å². The number of halogens is 1. The molecule has 0 unspecified atom stereocenters. The van der Waals surface area contributed by atoms with Gasteiger partial charge in [-0.2, -0.15) is 0 Å². The van der Waals surface area contributed by atoms with E-state index in [1.54, 1.807) is 24.3 Å². The average molecular weight is 245 g/mol. The molecule has 2 N–H and O–H groups in total. The summed E-state index contributed by atoms with van der Waals surface area (Å²) in [6.07, 6.45) is 0.